The van der Waals surface area contributed by atoms with Crippen molar-refractivity contribution in [3.05, 3.63) is 77.0 Å². The maximum absolute atomic E-state index is 11.9. The van der Waals surface area contributed by atoms with Gasteiger partial charge in [-0.05, 0) is 48.5 Å². The second-order valence-electron chi connectivity index (χ2n) is 5.11. The van der Waals surface area contributed by atoms with Gasteiger partial charge in [0.1, 0.15) is 11.5 Å². The lowest BCUT2D eigenvalue weighted by atomic mass is 10.3. The molecule has 0 fully saturated rings. The molecule has 132 valence electrons. The van der Waals surface area contributed by atoms with Gasteiger partial charge in [0, 0.05) is 12.4 Å². The van der Waals surface area contributed by atoms with E-state index in [0.29, 0.717) is 27.9 Å². The summed E-state index contributed by atoms with van der Waals surface area (Å²) < 4.78 is 5.67. The highest BCUT2D eigenvalue weighted by atomic mass is 35.5. The smallest absolute Gasteiger partial charge is 0.337 e. The summed E-state index contributed by atoms with van der Waals surface area (Å²) in [5, 5.41) is 3.25. The van der Waals surface area contributed by atoms with E-state index in [4.69, 9.17) is 27.9 Å². The van der Waals surface area contributed by atoms with Gasteiger partial charge in [0.05, 0.1) is 21.4 Å². The first-order valence-corrected chi connectivity index (χ1v) is 8.32. The standard InChI is InChI=1S/C18H14Cl2N4O2/c19-15-2-1-3-16(17(15)20)22-18(25)24-23-12-4-6-13(7-5-12)26-14-8-10-21-11-9-14/h1-11,23H,(H2,22,24,25). The number of carbonyl (C=O) groups is 1. The van der Waals surface area contributed by atoms with Crippen LogP contribution in [0.5, 0.6) is 11.5 Å². The Morgan fingerprint density at radius 3 is 2.35 bits per heavy atom. The van der Waals surface area contributed by atoms with Crippen LogP contribution in [0.2, 0.25) is 10.0 Å². The van der Waals surface area contributed by atoms with E-state index in [1.807, 2.05) is 0 Å². The molecule has 0 radical (unpaired) electrons. The molecule has 0 saturated carbocycles. The van der Waals surface area contributed by atoms with Crippen LogP contribution in [0, 0.1) is 0 Å². The number of amides is 2. The molecule has 0 aliphatic rings. The van der Waals surface area contributed by atoms with Gasteiger partial charge in [-0.25, -0.2) is 4.79 Å². The first kappa shape index (κ1) is 17.8. The molecule has 3 rings (SSSR count). The van der Waals surface area contributed by atoms with Gasteiger partial charge in [-0.15, -0.1) is 0 Å². The lowest BCUT2D eigenvalue weighted by molar-refractivity contribution is 0.254. The molecule has 6 nitrogen and oxygen atoms in total. The highest BCUT2D eigenvalue weighted by molar-refractivity contribution is 6.43. The summed E-state index contributed by atoms with van der Waals surface area (Å²) in [4.78, 5) is 15.9. The first-order valence-electron chi connectivity index (χ1n) is 7.57. The number of rotatable bonds is 5. The second-order valence-corrected chi connectivity index (χ2v) is 5.90. The molecule has 26 heavy (non-hydrogen) atoms. The van der Waals surface area contributed by atoms with Crippen molar-refractivity contribution < 1.29 is 9.53 Å². The van der Waals surface area contributed by atoms with Gasteiger partial charge in [-0.3, -0.25) is 15.8 Å². The average Bonchev–Trinajstić information content (AvgIpc) is 2.66. The number of hydrogen-bond acceptors (Lipinski definition) is 4. The first-order chi connectivity index (χ1) is 12.6. The molecule has 0 aliphatic heterocycles. The summed E-state index contributed by atoms with van der Waals surface area (Å²) in [7, 11) is 0. The average molecular weight is 389 g/mol. The number of anilines is 2. The van der Waals surface area contributed by atoms with E-state index in [1.165, 1.54) is 0 Å². The highest BCUT2D eigenvalue weighted by Gasteiger charge is 2.07. The van der Waals surface area contributed by atoms with Gasteiger partial charge in [-0.2, -0.15) is 0 Å². The van der Waals surface area contributed by atoms with Gasteiger partial charge in [0.2, 0.25) is 0 Å². The van der Waals surface area contributed by atoms with E-state index in [9.17, 15) is 4.79 Å². The third kappa shape index (κ3) is 4.78. The molecule has 2 amide bonds. The molecule has 8 heteroatoms. The van der Waals surface area contributed by atoms with Crippen molar-refractivity contribution in [1.29, 1.82) is 0 Å². The van der Waals surface area contributed by atoms with E-state index in [0.717, 1.165) is 0 Å². The lowest BCUT2D eigenvalue weighted by Gasteiger charge is -2.12. The molecule has 0 saturated heterocycles. The molecule has 2 aromatic carbocycles. The van der Waals surface area contributed by atoms with Crippen LogP contribution >= 0.6 is 23.2 Å². The van der Waals surface area contributed by atoms with Crippen LogP contribution in [0.1, 0.15) is 0 Å². The number of ether oxygens (including phenoxy) is 1. The number of nitrogens with one attached hydrogen (secondary N) is 3. The van der Waals surface area contributed by atoms with Crippen LogP contribution in [-0.2, 0) is 0 Å². The molecule has 0 aliphatic carbocycles. The number of hydrogen-bond donors (Lipinski definition) is 3. The van der Waals surface area contributed by atoms with Crippen molar-refractivity contribution in [2.75, 3.05) is 10.7 Å². The summed E-state index contributed by atoms with van der Waals surface area (Å²) in [6.45, 7) is 0. The zero-order chi connectivity index (χ0) is 18.4. The van der Waals surface area contributed by atoms with E-state index < -0.39 is 6.03 Å². The normalized spacial score (nSPS) is 10.1. The van der Waals surface area contributed by atoms with Crippen molar-refractivity contribution in [2.45, 2.75) is 0 Å². The monoisotopic (exact) mass is 388 g/mol. The molecule has 1 heterocycles. The maximum Gasteiger partial charge on any atom is 0.337 e. The van der Waals surface area contributed by atoms with Crippen molar-refractivity contribution >= 4 is 40.6 Å². The summed E-state index contributed by atoms with van der Waals surface area (Å²) in [5.41, 5.74) is 6.39. The summed E-state index contributed by atoms with van der Waals surface area (Å²) in [5.74, 6) is 1.36. The molecule has 0 bridgehead atoms. The third-order valence-electron chi connectivity index (χ3n) is 3.26. The largest absolute Gasteiger partial charge is 0.457 e. The maximum atomic E-state index is 11.9. The minimum atomic E-state index is -0.480. The van der Waals surface area contributed by atoms with Gasteiger partial charge < -0.3 is 10.1 Å². The Labute approximate surface area is 160 Å². The molecular weight excluding hydrogens is 375 g/mol. The van der Waals surface area contributed by atoms with Gasteiger partial charge in [0.25, 0.3) is 0 Å². The van der Waals surface area contributed by atoms with Gasteiger partial charge in [0.15, 0.2) is 0 Å². The Hall–Kier alpha value is -2.96. The van der Waals surface area contributed by atoms with Crippen LogP contribution < -0.4 is 20.9 Å². The number of pyridine rings is 1. The van der Waals surface area contributed by atoms with Crippen molar-refractivity contribution in [2.24, 2.45) is 0 Å². The molecular formula is C18H14Cl2N4O2. The van der Waals surface area contributed by atoms with E-state index in [1.54, 1.807) is 67.0 Å². The number of urea groups is 1. The van der Waals surface area contributed by atoms with Crippen LogP contribution in [0.15, 0.2) is 67.0 Å². The number of carbonyl (C=O) groups excluding carboxylic acids is 1. The molecule has 0 spiro atoms. The number of hydrazine groups is 1. The minimum absolute atomic E-state index is 0.280. The Bertz CT molecular complexity index is 889. The molecule has 0 atom stereocenters. The van der Waals surface area contributed by atoms with Crippen LogP contribution in [0.3, 0.4) is 0 Å². The number of halogens is 2. The third-order valence-corrected chi connectivity index (χ3v) is 4.08. The fourth-order valence-electron chi connectivity index (χ4n) is 2.03. The van der Waals surface area contributed by atoms with E-state index >= 15 is 0 Å². The predicted molar refractivity (Wildman–Crippen MR) is 103 cm³/mol. The Morgan fingerprint density at radius 2 is 1.62 bits per heavy atom. The topological polar surface area (TPSA) is 75.3 Å². The fourth-order valence-corrected chi connectivity index (χ4v) is 2.38. The Morgan fingerprint density at radius 1 is 0.923 bits per heavy atom. The summed E-state index contributed by atoms with van der Waals surface area (Å²) in [6, 6.07) is 15.1. The molecule has 0 unspecified atom stereocenters. The second kappa shape index (κ2) is 8.42. The Kier molecular flexibility index (Phi) is 5.78. The van der Waals surface area contributed by atoms with Crippen LogP contribution in [0.4, 0.5) is 16.2 Å². The van der Waals surface area contributed by atoms with Gasteiger partial charge >= 0.3 is 6.03 Å². The SMILES string of the molecule is O=C(NNc1ccc(Oc2ccncc2)cc1)Nc1cccc(Cl)c1Cl. The summed E-state index contributed by atoms with van der Waals surface area (Å²) in [6.07, 6.45) is 3.31. The zero-order valence-corrected chi connectivity index (χ0v) is 14.9. The predicted octanol–water partition coefficient (Wildman–Crippen LogP) is 5.33. The van der Waals surface area contributed by atoms with E-state index in [2.05, 4.69) is 21.2 Å². The van der Waals surface area contributed by atoms with E-state index in [-0.39, 0.29) is 5.02 Å². The van der Waals surface area contributed by atoms with Crippen molar-refractivity contribution in [3.63, 3.8) is 0 Å². The Balaban J connectivity index is 1.53. The van der Waals surface area contributed by atoms with Gasteiger partial charge in [-0.1, -0.05) is 29.3 Å². The molecule has 3 N–H and O–H groups in total. The molecule has 3 aromatic rings. The van der Waals surface area contributed by atoms with Crippen molar-refractivity contribution in [1.82, 2.24) is 10.4 Å². The van der Waals surface area contributed by atoms with Crippen LogP contribution in [-0.4, -0.2) is 11.0 Å². The van der Waals surface area contributed by atoms with Crippen molar-refractivity contribution in [3.8, 4) is 11.5 Å². The lowest BCUT2D eigenvalue weighted by Crippen LogP contribution is -2.33. The summed E-state index contributed by atoms with van der Waals surface area (Å²) >= 11 is 11.9. The number of aromatic nitrogens is 1. The zero-order valence-electron chi connectivity index (χ0n) is 13.4. The van der Waals surface area contributed by atoms with Crippen LogP contribution in [0.25, 0.3) is 0 Å². The number of nitrogens with zero attached hydrogens (tertiary/aromatic N) is 1. The molecule has 1 aromatic heterocycles. The highest BCUT2D eigenvalue weighted by Crippen LogP contribution is 2.29. The minimum Gasteiger partial charge on any atom is -0.457 e. The quantitative estimate of drug-likeness (QED) is 0.516. The fraction of sp³-hybridized carbons (Fsp3) is 0. The number of benzene rings is 2.